The van der Waals surface area contributed by atoms with Crippen LogP contribution in [0.5, 0.6) is 0 Å². The van der Waals surface area contributed by atoms with Crippen molar-refractivity contribution < 1.29 is 0 Å². The van der Waals surface area contributed by atoms with Crippen molar-refractivity contribution in [2.45, 2.75) is 38.3 Å². The highest BCUT2D eigenvalue weighted by atomic mass is 15.2. The van der Waals surface area contributed by atoms with Crippen molar-refractivity contribution in [1.29, 1.82) is 0 Å². The summed E-state index contributed by atoms with van der Waals surface area (Å²) >= 11 is 0. The SMILES string of the molecule is Cc1cccc(-c2ccc3c(c2)[C@H]2CCN(Cc4ccccc4)C3C2)c1. The summed E-state index contributed by atoms with van der Waals surface area (Å²) in [5.74, 6) is 0.742. The maximum Gasteiger partial charge on any atom is 0.0360 e. The molecule has 2 atom stereocenters. The van der Waals surface area contributed by atoms with Gasteiger partial charge >= 0.3 is 0 Å². The summed E-state index contributed by atoms with van der Waals surface area (Å²) in [6.07, 6.45) is 2.58. The average molecular weight is 339 g/mol. The highest BCUT2D eigenvalue weighted by molar-refractivity contribution is 5.66. The van der Waals surface area contributed by atoms with E-state index in [1.807, 2.05) is 0 Å². The first-order valence-electron chi connectivity index (χ1n) is 9.77. The normalized spacial score (nSPS) is 21.6. The van der Waals surface area contributed by atoms with E-state index in [9.17, 15) is 0 Å². The van der Waals surface area contributed by atoms with E-state index in [0.29, 0.717) is 6.04 Å². The lowest BCUT2D eigenvalue weighted by atomic mass is 9.93. The zero-order valence-corrected chi connectivity index (χ0v) is 15.4. The minimum atomic E-state index is 0.593. The lowest BCUT2D eigenvalue weighted by molar-refractivity contribution is 0.145. The molecule has 1 heteroatoms. The van der Waals surface area contributed by atoms with Gasteiger partial charge in [-0.25, -0.2) is 0 Å². The van der Waals surface area contributed by atoms with Gasteiger partial charge in [-0.2, -0.15) is 0 Å². The van der Waals surface area contributed by atoms with Gasteiger partial charge in [-0.15, -0.1) is 0 Å². The molecule has 5 rings (SSSR count). The van der Waals surface area contributed by atoms with Gasteiger partial charge in [-0.3, -0.25) is 4.90 Å². The van der Waals surface area contributed by atoms with Crippen LogP contribution >= 0.6 is 0 Å². The number of nitrogens with zero attached hydrogens (tertiary/aromatic N) is 1. The van der Waals surface area contributed by atoms with Crippen molar-refractivity contribution in [3.05, 3.63) is 95.1 Å². The smallest absolute Gasteiger partial charge is 0.0360 e. The third-order valence-electron chi connectivity index (χ3n) is 6.18. The van der Waals surface area contributed by atoms with E-state index < -0.39 is 0 Å². The van der Waals surface area contributed by atoms with Crippen LogP contribution in [0.15, 0.2) is 72.8 Å². The van der Waals surface area contributed by atoms with Crippen LogP contribution < -0.4 is 0 Å². The van der Waals surface area contributed by atoms with Crippen LogP contribution in [0.3, 0.4) is 0 Å². The van der Waals surface area contributed by atoms with Crippen molar-refractivity contribution >= 4 is 0 Å². The van der Waals surface area contributed by atoms with E-state index in [0.717, 1.165) is 12.5 Å². The summed E-state index contributed by atoms with van der Waals surface area (Å²) in [5, 5.41) is 0. The van der Waals surface area contributed by atoms with Gasteiger partial charge in [0, 0.05) is 12.6 Å². The molecule has 3 aromatic carbocycles. The maximum absolute atomic E-state index is 2.68. The van der Waals surface area contributed by atoms with Gasteiger partial charge in [0.15, 0.2) is 0 Å². The Kier molecular flexibility index (Phi) is 3.90. The van der Waals surface area contributed by atoms with Crippen LogP contribution in [-0.4, -0.2) is 11.4 Å². The van der Waals surface area contributed by atoms with Gasteiger partial charge in [0.25, 0.3) is 0 Å². The second-order valence-corrected chi connectivity index (χ2v) is 7.91. The summed E-state index contributed by atoms with van der Waals surface area (Å²) in [7, 11) is 0. The van der Waals surface area contributed by atoms with Gasteiger partial charge in [-0.05, 0) is 60.0 Å². The lowest BCUT2D eigenvalue weighted by Gasteiger charge is -2.33. The van der Waals surface area contributed by atoms with Crippen molar-refractivity contribution in [2.75, 3.05) is 6.54 Å². The molecule has 1 aliphatic heterocycles. The highest BCUT2D eigenvalue weighted by Crippen LogP contribution is 2.50. The fourth-order valence-corrected chi connectivity index (χ4v) is 4.86. The molecule has 2 aliphatic rings. The summed E-state index contributed by atoms with van der Waals surface area (Å²) in [5.41, 5.74) is 8.64. The first kappa shape index (κ1) is 15.8. The van der Waals surface area contributed by atoms with Crippen molar-refractivity contribution in [1.82, 2.24) is 4.90 Å². The van der Waals surface area contributed by atoms with E-state index in [2.05, 4.69) is 84.6 Å². The molecule has 3 aromatic rings. The number of aryl methyl sites for hydroxylation is 1. The van der Waals surface area contributed by atoms with Gasteiger partial charge < -0.3 is 0 Å². The molecule has 26 heavy (non-hydrogen) atoms. The monoisotopic (exact) mass is 339 g/mol. The Hall–Kier alpha value is -2.38. The van der Waals surface area contributed by atoms with Crippen LogP contribution in [-0.2, 0) is 6.54 Å². The van der Waals surface area contributed by atoms with Gasteiger partial charge in [-0.1, -0.05) is 78.4 Å². The third-order valence-corrected chi connectivity index (χ3v) is 6.18. The Labute approximate surface area is 156 Å². The van der Waals surface area contributed by atoms with E-state index in [1.54, 1.807) is 11.1 Å². The molecule has 1 heterocycles. The molecule has 0 amide bonds. The zero-order chi connectivity index (χ0) is 17.5. The molecular formula is C25H25N. The minimum absolute atomic E-state index is 0.593. The van der Waals surface area contributed by atoms with E-state index in [1.165, 1.54) is 41.6 Å². The Morgan fingerprint density at radius 3 is 2.54 bits per heavy atom. The second kappa shape index (κ2) is 6.41. The number of likely N-dealkylation sites (tertiary alicyclic amines) is 1. The maximum atomic E-state index is 2.68. The Morgan fingerprint density at radius 1 is 0.846 bits per heavy atom. The molecule has 1 nitrogen and oxygen atoms in total. The molecule has 1 unspecified atom stereocenters. The molecule has 1 aliphatic carbocycles. The first-order chi connectivity index (χ1) is 12.8. The number of benzene rings is 3. The van der Waals surface area contributed by atoms with Crippen LogP contribution in [0.2, 0.25) is 0 Å². The quantitative estimate of drug-likeness (QED) is 0.557. The second-order valence-electron chi connectivity index (χ2n) is 7.91. The molecule has 0 spiro atoms. The Morgan fingerprint density at radius 2 is 1.69 bits per heavy atom. The molecule has 0 saturated carbocycles. The van der Waals surface area contributed by atoms with Gasteiger partial charge in [0.05, 0.1) is 0 Å². The number of hydrogen-bond donors (Lipinski definition) is 0. The molecule has 1 fully saturated rings. The van der Waals surface area contributed by atoms with Crippen LogP contribution in [0, 0.1) is 6.92 Å². The molecule has 0 radical (unpaired) electrons. The topological polar surface area (TPSA) is 3.24 Å². The molecule has 2 bridgehead atoms. The number of fused-ring (bicyclic) bond motifs is 5. The minimum Gasteiger partial charge on any atom is -0.292 e. The average Bonchev–Trinajstić information content (AvgIpc) is 2.98. The van der Waals surface area contributed by atoms with Crippen LogP contribution in [0.1, 0.15) is 47.1 Å². The number of piperidine rings is 1. The molecule has 130 valence electrons. The Balaban J connectivity index is 1.46. The molecule has 1 saturated heterocycles. The van der Waals surface area contributed by atoms with Crippen molar-refractivity contribution in [2.24, 2.45) is 0 Å². The first-order valence-corrected chi connectivity index (χ1v) is 9.77. The predicted octanol–water partition coefficient (Wildman–Crippen LogP) is 6.10. The lowest BCUT2D eigenvalue weighted by Crippen LogP contribution is -2.31. The van der Waals surface area contributed by atoms with E-state index in [-0.39, 0.29) is 0 Å². The molecular weight excluding hydrogens is 314 g/mol. The summed E-state index contributed by atoms with van der Waals surface area (Å²) < 4.78 is 0. The summed E-state index contributed by atoms with van der Waals surface area (Å²) in [4.78, 5) is 2.68. The fraction of sp³-hybridized carbons (Fsp3) is 0.280. The number of rotatable bonds is 3. The van der Waals surface area contributed by atoms with Gasteiger partial charge in [0.2, 0.25) is 0 Å². The van der Waals surface area contributed by atoms with Crippen LogP contribution in [0.4, 0.5) is 0 Å². The predicted molar refractivity (Wildman–Crippen MR) is 108 cm³/mol. The third kappa shape index (κ3) is 2.77. The van der Waals surface area contributed by atoms with E-state index in [4.69, 9.17) is 0 Å². The Bertz CT molecular complexity index is 928. The molecule has 0 aromatic heterocycles. The standard InChI is InChI=1S/C25H25N/c1-18-6-5-9-20(14-18)21-10-11-23-24(15-21)22-12-13-26(25(23)16-22)17-19-7-3-2-4-8-19/h2-11,14-15,22,25H,12-13,16-17H2,1H3/t22-,25?/m0/s1. The molecule has 0 N–H and O–H groups in total. The summed E-state index contributed by atoms with van der Waals surface area (Å²) in [6.45, 7) is 4.45. The zero-order valence-electron chi connectivity index (χ0n) is 15.4. The fourth-order valence-electron chi connectivity index (χ4n) is 4.86. The highest BCUT2D eigenvalue weighted by Gasteiger charge is 2.38. The number of hydrogen-bond acceptors (Lipinski definition) is 1. The van der Waals surface area contributed by atoms with E-state index >= 15 is 0 Å². The van der Waals surface area contributed by atoms with Crippen molar-refractivity contribution in [3.8, 4) is 11.1 Å². The van der Waals surface area contributed by atoms with Crippen LogP contribution in [0.25, 0.3) is 11.1 Å². The summed E-state index contributed by atoms with van der Waals surface area (Å²) in [6, 6.07) is 27.6. The van der Waals surface area contributed by atoms with Crippen molar-refractivity contribution in [3.63, 3.8) is 0 Å². The van der Waals surface area contributed by atoms with Gasteiger partial charge in [0.1, 0.15) is 0 Å². The largest absolute Gasteiger partial charge is 0.292 e.